The van der Waals surface area contributed by atoms with E-state index in [1.807, 2.05) is 0 Å². The summed E-state index contributed by atoms with van der Waals surface area (Å²) in [5.41, 5.74) is 0.553. The Morgan fingerprint density at radius 2 is 2.05 bits per heavy atom. The fraction of sp³-hybridized carbons (Fsp3) is 0.562. The van der Waals surface area contributed by atoms with Gasteiger partial charge in [0.1, 0.15) is 11.6 Å². The van der Waals surface area contributed by atoms with Crippen molar-refractivity contribution in [2.24, 2.45) is 5.92 Å². The van der Waals surface area contributed by atoms with Gasteiger partial charge >= 0.3 is 0 Å². The van der Waals surface area contributed by atoms with Crippen molar-refractivity contribution in [2.45, 2.75) is 38.6 Å². The molecule has 1 aliphatic rings. The molecule has 3 nitrogen and oxygen atoms in total. The van der Waals surface area contributed by atoms with Crippen LogP contribution in [0.15, 0.2) is 18.2 Å². The zero-order chi connectivity index (χ0) is 15.2. The van der Waals surface area contributed by atoms with E-state index in [2.05, 4.69) is 17.6 Å². The van der Waals surface area contributed by atoms with Crippen molar-refractivity contribution in [3.05, 3.63) is 35.4 Å². The fourth-order valence-electron chi connectivity index (χ4n) is 2.76. The first-order valence-electron chi connectivity index (χ1n) is 7.49. The highest BCUT2D eigenvalue weighted by Crippen LogP contribution is 2.17. The average molecular weight is 296 g/mol. The summed E-state index contributed by atoms with van der Waals surface area (Å²) in [6.45, 7) is 3.51. The van der Waals surface area contributed by atoms with Crippen LogP contribution in [0.25, 0.3) is 0 Å². The van der Waals surface area contributed by atoms with Gasteiger partial charge in [0.05, 0.1) is 0 Å². The summed E-state index contributed by atoms with van der Waals surface area (Å²) in [5, 5.41) is 6.18. The van der Waals surface area contributed by atoms with Gasteiger partial charge in [0, 0.05) is 25.1 Å². The van der Waals surface area contributed by atoms with E-state index in [0.717, 1.165) is 25.5 Å². The van der Waals surface area contributed by atoms with Gasteiger partial charge in [0.2, 0.25) is 5.91 Å². The number of hydrogen-bond donors (Lipinski definition) is 2. The van der Waals surface area contributed by atoms with Gasteiger partial charge in [0.25, 0.3) is 0 Å². The maximum Gasteiger partial charge on any atom is 0.221 e. The molecule has 0 aliphatic carbocycles. The first kappa shape index (κ1) is 15.9. The van der Waals surface area contributed by atoms with E-state index < -0.39 is 11.6 Å². The predicted octanol–water partition coefficient (Wildman–Crippen LogP) is 2.40. The van der Waals surface area contributed by atoms with Gasteiger partial charge in [-0.2, -0.15) is 0 Å². The Balaban J connectivity index is 1.73. The highest BCUT2D eigenvalue weighted by Gasteiger charge is 2.22. The van der Waals surface area contributed by atoms with Crippen molar-refractivity contribution in [1.29, 1.82) is 0 Å². The molecule has 1 aromatic carbocycles. The fourth-order valence-corrected chi connectivity index (χ4v) is 2.76. The molecule has 1 saturated heterocycles. The van der Waals surface area contributed by atoms with E-state index in [1.165, 1.54) is 12.1 Å². The smallest absolute Gasteiger partial charge is 0.221 e. The molecule has 1 aromatic rings. The lowest BCUT2D eigenvalue weighted by atomic mass is 9.90. The number of hydrogen-bond acceptors (Lipinski definition) is 2. The molecule has 1 fully saturated rings. The summed E-state index contributed by atoms with van der Waals surface area (Å²) >= 11 is 0. The topological polar surface area (TPSA) is 41.1 Å². The Morgan fingerprint density at radius 3 is 2.71 bits per heavy atom. The lowest BCUT2D eigenvalue weighted by molar-refractivity contribution is -0.121. The molecule has 21 heavy (non-hydrogen) atoms. The lowest BCUT2D eigenvalue weighted by Crippen LogP contribution is -2.43. The van der Waals surface area contributed by atoms with Crippen molar-refractivity contribution in [3.63, 3.8) is 0 Å². The van der Waals surface area contributed by atoms with Gasteiger partial charge in [-0.1, -0.05) is 6.92 Å². The summed E-state index contributed by atoms with van der Waals surface area (Å²) in [5.74, 6) is -0.687. The number of nitrogens with one attached hydrogen (secondary N) is 2. The van der Waals surface area contributed by atoms with E-state index in [9.17, 15) is 13.6 Å². The second-order valence-electron chi connectivity index (χ2n) is 5.76. The zero-order valence-electron chi connectivity index (χ0n) is 12.3. The molecule has 0 bridgehead atoms. The van der Waals surface area contributed by atoms with Gasteiger partial charge in [0.15, 0.2) is 0 Å². The van der Waals surface area contributed by atoms with Gasteiger partial charge in [-0.15, -0.1) is 0 Å². The molecule has 116 valence electrons. The molecule has 1 heterocycles. The minimum atomic E-state index is -0.587. The van der Waals surface area contributed by atoms with Gasteiger partial charge < -0.3 is 10.6 Å². The molecule has 2 rings (SSSR count). The number of rotatable bonds is 5. The molecule has 1 aliphatic heterocycles. The molecule has 0 radical (unpaired) electrons. The van der Waals surface area contributed by atoms with Crippen LogP contribution in [0.2, 0.25) is 0 Å². The van der Waals surface area contributed by atoms with E-state index >= 15 is 0 Å². The van der Waals surface area contributed by atoms with Crippen LogP contribution in [0.5, 0.6) is 0 Å². The number of halogens is 2. The largest absolute Gasteiger partial charge is 0.356 e. The van der Waals surface area contributed by atoms with Crippen LogP contribution in [0, 0.1) is 17.6 Å². The number of carbonyl (C=O) groups is 1. The van der Waals surface area contributed by atoms with Crippen LogP contribution in [0.4, 0.5) is 8.78 Å². The normalized spacial score (nSPS) is 22.0. The molecule has 0 spiro atoms. The van der Waals surface area contributed by atoms with Crippen molar-refractivity contribution in [1.82, 2.24) is 10.6 Å². The molecule has 2 N–H and O–H groups in total. The van der Waals surface area contributed by atoms with Crippen LogP contribution in [-0.4, -0.2) is 25.0 Å². The lowest BCUT2D eigenvalue weighted by Gasteiger charge is -2.29. The minimum Gasteiger partial charge on any atom is -0.356 e. The third-order valence-electron chi connectivity index (χ3n) is 3.99. The van der Waals surface area contributed by atoms with E-state index in [4.69, 9.17) is 0 Å². The molecular formula is C16H22F2N2O. The number of carbonyl (C=O) groups excluding carboxylic acids is 1. The Morgan fingerprint density at radius 1 is 1.33 bits per heavy atom. The zero-order valence-corrected chi connectivity index (χ0v) is 12.3. The SMILES string of the molecule is CC1CCCNC1CC(=O)NCCc1cc(F)cc(F)c1. The maximum atomic E-state index is 13.0. The van der Waals surface area contributed by atoms with E-state index in [-0.39, 0.29) is 11.9 Å². The summed E-state index contributed by atoms with van der Waals surface area (Å²) in [7, 11) is 0. The number of benzene rings is 1. The summed E-state index contributed by atoms with van der Waals surface area (Å²) in [6.07, 6.45) is 3.19. The van der Waals surface area contributed by atoms with Crippen LogP contribution in [0.3, 0.4) is 0 Å². The summed E-state index contributed by atoms with van der Waals surface area (Å²) < 4.78 is 26.1. The first-order chi connectivity index (χ1) is 10.0. The Hall–Kier alpha value is -1.49. The molecular weight excluding hydrogens is 274 g/mol. The molecule has 0 aromatic heterocycles. The van der Waals surface area contributed by atoms with E-state index in [1.54, 1.807) is 0 Å². The van der Waals surface area contributed by atoms with Gasteiger partial charge in [-0.3, -0.25) is 4.79 Å². The average Bonchev–Trinajstić information content (AvgIpc) is 2.40. The summed E-state index contributed by atoms with van der Waals surface area (Å²) in [6, 6.07) is 3.66. The van der Waals surface area contributed by atoms with Crippen LogP contribution >= 0.6 is 0 Å². The third-order valence-corrected chi connectivity index (χ3v) is 3.99. The number of amides is 1. The molecule has 2 atom stereocenters. The number of piperidine rings is 1. The van der Waals surface area contributed by atoms with Crippen molar-refractivity contribution in [3.8, 4) is 0 Å². The highest BCUT2D eigenvalue weighted by molar-refractivity contribution is 5.76. The van der Waals surface area contributed by atoms with Crippen molar-refractivity contribution < 1.29 is 13.6 Å². The highest BCUT2D eigenvalue weighted by atomic mass is 19.1. The Bertz CT molecular complexity index is 473. The van der Waals surface area contributed by atoms with Crippen LogP contribution in [0.1, 0.15) is 31.7 Å². The van der Waals surface area contributed by atoms with Crippen molar-refractivity contribution in [2.75, 3.05) is 13.1 Å². The Kier molecular flexibility index (Phi) is 5.67. The molecule has 5 heteroatoms. The summed E-state index contributed by atoms with van der Waals surface area (Å²) in [4.78, 5) is 11.9. The standard InChI is InChI=1S/C16H22F2N2O/c1-11-3-2-5-19-15(11)10-16(21)20-6-4-12-7-13(17)9-14(18)8-12/h7-9,11,15,19H,2-6,10H2,1H3,(H,20,21). The second kappa shape index (κ2) is 7.50. The first-order valence-corrected chi connectivity index (χ1v) is 7.49. The predicted molar refractivity (Wildman–Crippen MR) is 77.9 cm³/mol. The monoisotopic (exact) mass is 296 g/mol. The van der Waals surface area contributed by atoms with Crippen LogP contribution < -0.4 is 10.6 Å². The van der Waals surface area contributed by atoms with Gasteiger partial charge in [-0.25, -0.2) is 8.78 Å². The third kappa shape index (κ3) is 5.08. The molecule has 0 saturated carbocycles. The second-order valence-corrected chi connectivity index (χ2v) is 5.76. The van der Waals surface area contributed by atoms with Crippen molar-refractivity contribution >= 4 is 5.91 Å². The minimum absolute atomic E-state index is 0.0156. The van der Waals surface area contributed by atoms with E-state index in [0.29, 0.717) is 30.9 Å². The molecule has 1 amide bonds. The Labute approximate surface area is 124 Å². The van der Waals surface area contributed by atoms with Gasteiger partial charge in [-0.05, 0) is 49.4 Å². The van der Waals surface area contributed by atoms with Crippen LogP contribution in [-0.2, 0) is 11.2 Å². The molecule has 2 unspecified atom stereocenters. The quantitative estimate of drug-likeness (QED) is 0.876. The maximum absolute atomic E-state index is 13.0.